The molecule has 6 nitrogen and oxygen atoms in total. The number of ether oxygens (including phenoxy) is 3. The van der Waals surface area contributed by atoms with Gasteiger partial charge >= 0.3 is 5.97 Å². The number of allylic oxidation sites excluding steroid dienone is 3. The molecule has 3 rings (SSSR count). The zero-order valence-corrected chi connectivity index (χ0v) is 23.2. The second-order valence-corrected chi connectivity index (χ2v) is 11.4. The van der Waals surface area contributed by atoms with Gasteiger partial charge in [-0.2, -0.15) is 0 Å². The molecule has 37 heavy (non-hydrogen) atoms. The number of fused-ring (bicyclic) bond motifs is 4. The van der Waals surface area contributed by atoms with Gasteiger partial charge in [-0.15, -0.1) is 0 Å². The van der Waals surface area contributed by atoms with E-state index in [2.05, 4.69) is 45.1 Å². The van der Waals surface area contributed by atoms with Gasteiger partial charge in [-0.3, -0.25) is 9.59 Å². The number of unbranched alkanes of at least 4 members (excludes halogenated alkanes) is 3. The van der Waals surface area contributed by atoms with Gasteiger partial charge in [-0.1, -0.05) is 50.1 Å². The molecule has 3 aliphatic rings. The van der Waals surface area contributed by atoms with Crippen molar-refractivity contribution < 1.29 is 23.8 Å². The SMILES string of the molecule is C/C=C1\CC2CC(=O)OC(/C=C/CCCCCC(N)=O)C(C)/C=C/C(C)CC3CCCC(CC(C1)O2)O3. The van der Waals surface area contributed by atoms with Crippen LogP contribution in [0.2, 0.25) is 0 Å². The highest BCUT2D eigenvalue weighted by Gasteiger charge is 2.32. The highest BCUT2D eigenvalue weighted by molar-refractivity contribution is 5.73. The molecule has 6 heteroatoms. The standard InChI is InChI=1S/C31H49NO5/c1-4-24-18-27-20-26-12-10-11-25(35-26)17-22(2)15-16-23(3)29(37-31(34)21-28(19-24)36-27)13-8-6-5-7-9-14-30(32)33/h4,8,13,15-16,22-23,25-29H,5-7,9-12,14,17-21H2,1-3H3,(H2,32,33)/b13-8+,16-15+,24-4-. The number of rotatable bonds is 7. The van der Waals surface area contributed by atoms with Crippen LogP contribution in [0.15, 0.2) is 36.0 Å². The van der Waals surface area contributed by atoms with E-state index in [9.17, 15) is 9.59 Å². The minimum Gasteiger partial charge on any atom is -0.457 e. The summed E-state index contributed by atoms with van der Waals surface area (Å²) in [7, 11) is 0. The van der Waals surface area contributed by atoms with Crippen LogP contribution in [-0.2, 0) is 23.8 Å². The third-order valence-electron chi connectivity index (χ3n) is 7.91. The summed E-state index contributed by atoms with van der Waals surface area (Å²) in [5, 5.41) is 0. The van der Waals surface area contributed by atoms with E-state index in [1.807, 2.05) is 6.08 Å². The molecule has 0 aromatic rings. The molecule has 0 radical (unpaired) electrons. The van der Waals surface area contributed by atoms with E-state index in [0.717, 1.165) is 64.2 Å². The zero-order valence-electron chi connectivity index (χ0n) is 23.2. The Kier molecular flexibility index (Phi) is 12.4. The van der Waals surface area contributed by atoms with Crippen molar-refractivity contribution in [1.29, 1.82) is 0 Å². The molecule has 2 N–H and O–H groups in total. The molecule has 3 heterocycles. The Morgan fingerprint density at radius 3 is 2.46 bits per heavy atom. The van der Waals surface area contributed by atoms with Crippen LogP contribution in [0.3, 0.4) is 0 Å². The number of esters is 1. The quantitative estimate of drug-likeness (QED) is 0.243. The van der Waals surface area contributed by atoms with E-state index in [1.165, 1.54) is 12.0 Å². The topological polar surface area (TPSA) is 87.9 Å². The smallest absolute Gasteiger partial charge is 0.309 e. The first-order valence-corrected chi connectivity index (χ1v) is 14.6. The summed E-state index contributed by atoms with van der Waals surface area (Å²) in [4.78, 5) is 24.0. The monoisotopic (exact) mass is 515 g/mol. The minimum atomic E-state index is -0.314. The summed E-state index contributed by atoms with van der Waals surface area (Å²) >= 11 is 0. The lowest BCUT2D eigenvalue weighted by Crippen LogP contribution is -2.37. The highest BCUT2D eigenvalue weighted by atomic mass is 16.5. The molecule has 0 aromatic heterocycles. The van der Waals surface area contributed by atoms with Crippen molar-refractivity contribution in [2.24, 2.45) is 17.6 Å². The molecule has 0 saturated carbocycles. The van der Waals surface area contributed by atoms with Crippen LogP contribution in [0.4, 0.5) is 0 Å². The number of nitrogens with two attached hydrogens (primary N) is 1. The van der Waals surface area contributed by atoms with Crippen LogP contribution in [0.1, 0.15) is 104 Å². The van der Waals surface area contributed by atoms with Crippen LogP contribution >= 0.6 is 0 Å². The average molecular weight is 516 g/mol. The van der Waals surface area contributed by atoms with Crippen molar-refractivity contribution in [1.82, 2.24) is 0 Å². The number of amides is 1. The van der Waals surface area contributed by atoms with Crippen LogP contribution in [0, 0.1) is 11.8 Å². The highest BCUT2D eigenvalue weighted by Crippen LogP contribution is 2.33. The number of primary amides is 1. The zero-order chi connectivity index (χ0) is 26.6. The fourth-order valence-electron chi connectivity index (χ4n) is 5.80. The van der Waals surface area contributed by atoms with Crippen molar-refractivity contribution >= 4 is 11.9 Å². The molecule has 2 saturated heterocycles. The van der Waals surface area contributed by atoms with Gasteiger partial charge in [0.2, 0.25) is 5.91 Å². The summed E-state index contributed by atoms with van der Waals surface area (Å²) in [5.41, 5.74) is 6.58. The molecule has 3 aliphatic heterocycles. The fourth-order valence-corrected chi connectivity index (χ4v) is 5.80. The van der Waals surface area contributed by atoms with Crippen molar-refractivity contribution in [3.8, 4) is 0 Å². The molecule has 1 amide bonds. The lowest BCUT2D eigenvalue weighted by atomic mass is 9.90. The Bertz CT molecular complexity index is 818. The molecule has 2 fully saturated rings. The maximum absolute atomic E-state index is 13.1. The van der Waals surface area contributed by atoms with Crippen molar-refractivity contribution in [3.63, 3.8) is 0 Å². The van der Waals surface area contributed by atoms with Crippen LogP contribution in [0.25, 0.3) is 0 Å². The Balaban J connectivity index is 1.69. The van der Waals surface area contributed by atoms with Crippen molar-refractivity contribution in [2.75, 3.05) is 0 Å². The first-order chi connectivity index (χ1) is 17.8. The van der Waals surface area contributed by atoms with E-state index in [-0.39, 0.29) is 48.6 Å². The average Bonchev–Trinajstić information content (AvgIpc) is 2.85. The first kappa shape index (κ1) is 29.6. The van der Waals surface area contributed by atoms with Gasteiger partial charge in [0.15, 0.2) is 0 Å². The molecule has 7 atom stereocenters. The normalized spacial score (nSPS) is 35.8. The second-order valence-electron chi connectivity index (χ2n) is 11.4. The van der Waals surface area contributed by atoms with Gasteiger partial charge in [0, 0.05) is 18.8 Å². The lowest BCUT2D eigenvalue weighted by Gasteiger charge is -2.37. The number of cyclic esters (lactones) is 1. The molecular weight excluding hydrogens is 466 g/mol. The van der Waals surface area contributed by atoms with E-state index < -0.39 is 0 Å². The molecule has 0 aliphatic carbocycles. The van der Waals surface area contributed by atoms with Gasteiger partial charge in [0.25, 0.3) is 0 Å². The largest absolute Gasteiger partial charge is 0.457 e. The third kappa shape index (κ3) is 10.8. The van der Waals surface area contributed by atoms with Gasteiger partial charge in [-0.25, -0.2) is 0 Å². The number of carbonyl (C=O) groups is 2. The number of carbonyl (C=O) groups excluding carboxylic acids is 2. The molecule has 4 bridgehead atoms. The van der Waals surface area contributed by atoms with Crippen molar-refractivity contribution in [3.05, 3.63) is 36.0 Å². The summed E-state index contributed by atoms with van der Waals surface area (Å²) in [6, 6.07) is 0. The predicted octanol–water partition coefficient (Wildman–Crippen LogP) is 6.33. The maximum Gasteiger partial charge on any atom is 0.309 e. The summed E-state index contributed by atoms with van der Waals surface area (Å²) in [5.74, 6) is 0.0193. The van der Waals surface area contributed by atoms with E-state index in [1.54, 1.807) is 0 Å². The second kappa shape index (κ2) is 15.5. The lowest BCUT2D eigenvalue weighted by molar-refractivity contribution is -0.154. The number of hydrogen-bond acceptors (Lipinski definition) is 5. The van der Waals surface area contributed by atoms with E-state index in [0.29, 0.717) is 18.4 Å². The molecule has 0 aromatic carbocycles. The summed E-state index contributed by atoms with van der Waals surface area (Å²) in [6.07, 6.45) is 22.3. The molecule has 0 spiro atoms. The third-order valence-corrected chi connectivity index (χ3v) is 7.91. The van der Waals surface area contributed by atoms with E-state index in [4.69, 9.17) is 19.9 Å². The van der Waals surface area contributed by atoms with Gasteiger partial charge in [0.1, 0.15) is 6.10 Å². The Morgan fingerprint density at radius 2 is 1.70 bits per heavy atom. The fraction of sp³-hybridized carbons (Fsp3) is 0.742. The van der Waals surface area contributed by atoms with Gasteiger partial charge < -0.3 is 19.9 Å². The van der Waals surface area contributed by atoms with Gasteiger partial charge in [-0.05, 0) is 76.7 Å². The molecular formula is C31H49NO5. The maximum atomic E-state index is 13.1. The Hall–Kier alpha value is -1.92. The first-order valence-electron chi connectivity index (χ1n) is 14.6. The van der Waals surface area contributed by atoms with Crippen LogP contribution in [-0.4, -0.2) is 42.4 Å². The van der Waals surface area contributed by atoms with Crippen LogP contribution < -0.4 is 5.73 Å². The number of hydrogen-bond donors (Lipinski definition) is 1. The minimum absolute atomic E-state index is 0.0663. The van der Waals surface area contributed by atoms with Gasteiger partial charge in [0.05, 0.1) is 30.8 Å². The van der Waals surface area contributed by atoms with E-state index >= 15 is 0 Å². The van der Waals surface area contributed by atoms with Crippen LogP contribution in [0.5, 0.6) is 0 Å². The Morgan fingerprint density at radius 1 is 0.973 bits per heavy atom. The molecule has 7 unspecified atom stereocenters. The Labute approximate surface area is 224 Å². The summed E-state index contributed by atoms with van der Waals surface area (Å²) < 4.78 is 19.0. The van der Waals surface area contributed by atoms with Crippen molar-refractivity contribution in [2.45, 2.75) is 135 Å². The summed E-state index contributed by atoms with van der Waals surface area (Å²) in [6.45, 7) is 6.44. The molecule has 208 valence electrons. The predicted molar refractivity (Wildman–Crippen MR) is 147 cm³/mol.